The molecule has 3 amide bonds. The third-order valence-electron chi connectivity index (χ3n) is 4.81. The van der Waals surface area contributed by atoms with Gasteiger partial charge in [0.15, 0.2) is 0 Å². The van der Waals surface area contributed by atoms with Crippen LogP contribution in [0.3, 0.4) is 0 Å². The van der Waals surface area contributed by atoms with Gasteiger partial charge in [0.1, 0.15) is 6.61 Å². The predicted molar refractivity (Wildman–Crippen MR) is 97.8 cm³/mol. The fraction of sp³-hybridized carbons (Fsp3) is 0.300. The third kappa shape index (κ3) is 3.49. The zero-order valence-corrected chi connectivity index (χ0v) is 14.5. The summed E-state index contributed by atoms with van der Waals surface area (Å²) in [5.74, 6) is 0. The SMILES string of the molecule is O=C(Nc1cccc(CN2CCOC2=O)c1)N1CCc2ccccc2C1. The van der Waals surface area contributed by atoms with Crippen LogP contribution in [0, 0.1) is 0 Å². The molecule has 0 radical (unpaired) electrons. The fourth-order valence-electron chi connectivity index (χ4n) is 3.41. The highest BCUT2D eigenvalue weighted by Crippen LogP contribution is 2.20. The molecule has 6 nitrogen and oxygen atoms in total. The molecule has 2 aromatic rings. The quantitative estimate of drug-likeness (QED) is 0.923. The molecule has 0 saturated carbocycles. The van der Waals surface area contributed by atoms with Crippen LogP contribution in [0.5, 0.6) is 0 Å². The first kappa shape index (κ1) is 16.4. The van der Waals surface area contributed by atoms with E-state index in [1.807, 2.05) is 41.3 Å². The number of carbonyl (C=O) groups excluding carboxylic acids is 2. The Bertz CT molecular complexity index is 837. The van der Waals surface area contributed by atoms with E-state index in [1.165, 1.54) is 11.1 Å². The van der Waals surface area contributed by atoms with Gasteiger partial charge in [0, 0.05) is 25.3 Å². The van der Waals surface area contributed by atoms with Crippen molar-refractivity contribution >= 4 is 17.8 Å². The number of carbonyl (C=O) groups is 2. The van der Waals surface area contributed by atoms with Crippen molar-refractivity contribution < 1.29 is 14.3 Å². The first-order valence-corrected chi connectivity index (χ1v) is 8.82. The summed E-state index contributed by atoms with van der Waals surface area (Å²) in [5.41, 5.74) is 4.22. The molecule has 0 bridgehead atoms. The molecule has 0 spiro atoms. The summed E-state index contributed by atoms with van der Waals surface area (Å²) >= 11 is 0. The number of fused-ring (bicyclic) bond motifs is 1. The molecule has 1 N–H and O–H groups in total. The van der Waals surface area contributed by atoms with Crippen LogP contribution < -0.4 is 5.32 Å². The fourth-order valence-corrected chi connectivity index (χ4v) is 3.41. The molecular weight excluding hydrogens is 330 g/mol. The lowest BCUT2D eigenvalue weighted by Gasteiger charge is -2.29. The van der Waals surface area contributed by atoms with Crippen LogP contribution in [0.2, 0.25) is 0 Å². The number of cyclic esters (lactones) is 1. The summed E-state index contributed by atoms with van der Waals surface area (Å²) in [6.45, 7) is 2.86. The van der Waals surface area contributed by atoms with E-state index >= 15 is 0 Å². The number of anilines is 1. The Labute approximate surface area is 152 Å². The number of benzene rings is 2. The van der Waals surface area contributed by atoms with Crippen LogP contribution in [0.1, 0.15) is 16.7 Å². The van der Waals surface area contributed by atoms with E-state index < -0.39 is 0 Å². The standard InChI is InChI=1S/C20H21N3O3/c24-19(22-9-8-16-5-1-2-6-17(16)14-22)21-18-7-3-4-15(12-18)13-23-10-11-26-20(23)25/h1-7,12H,8-11,13-14H2,(H,21,24). The maximum atomic E-state index is 12.6. The van der Waals surface area contributed by atoms with E-state index in [-0.39, 0.29) is 12.1 Å². The van der Waals surface area contributed by atoms with Crippen LogP contribution in [0.15, 0.2) is 48.5 Å². The largest absolute Gasteiger partial charge is 0.448 e. The molecule has 0 aromatic heterocycles. The molecule has 0 atom stereocenters. The molecule has 2 aromatic carbocycles. The smallest absolute Gasteiger partial charge is 0.410 e. The average molecular weight is 351 g/mol. The predicted octanol–water partition coefficient (Wildman–Crippen LogP) is 3.23. The number of nitrogens with one attached hydrogen (secondary N) is 1. The third-order valence-corrected chi connectivity index (χ3v) is 4.81. The van der Waals surface area contributed by atoms with Crippen LogP contribution in [0.25, 0.3) is 0 Å². The van der Waals surface area contributed by atoms with Gasteiger partial charge >= 0.3 is 12.1 Å². The van der Waals surface area contributed by atoms with Crippen molar-refractivity contribution in [1.82, 2.24) is 9.80 Å². The number of urea groups is 1. The summed E-state index contributed by atoms with van der Waals surface area (Å²) < 4.78 is 4.95. The van der Waals surface area contributed by atoms with Crippen LogP contribution in [0.4, 0.5) is 15.3 Å². The minimum atomic E-state index is -0.286. The van der Waals surface area contributed by atoms with Crippen molar-refractivity contribution in [2.24, 2.45) is 0 Å². The van der Waals surface area contributed by atoms with E-state index in [2.05, 4.69) is 17.4 Å². The molecule has 2 aliphatic rings. The molecule has 2 aliphatic heterocycles. The second kappa shape index (κ2) is 7.07. The van der Waals surface area contributed by atoms with E-state index in [0.29, 0.717) is 32.8 Å². The van der Waals surface area contributed by atoms with Gasteiger partial charge in [0.05, 0.1) is 6.54 Å². The summed E-state index contributed by atoms with van der Waals surface area (Å²) in [6.07, 6.45) is 0.590. The monoisotopic (exact) mass is 351 g/mol. The summed E-state index contributed by atoms with van der Waals surface area (Å²) in [4.78, 5) is 27.7. The molecule has 4 rings (SSSR count). The molecule has 6 heteroatoms. The minimum Gasteiger partial charge on any atom is -0.448 e. The van der Waals surface area contributed by atoms with Gasteiger partial charge < -0.3 is 19.9 Å². The number of rotatable bonds is 3. The number of nitrogens with zero attached hydrogens (tertiary/aromatic N) is 2. The summed E-state index contributed by atoms with van der Waals surface area (Å²) in [6, 6.07) is 15.7. The van der Waals surface area contributed by atoms with Crippen LogP contribution in [-0.4, -0.2) is 41.6 Å². The van der Waals surface area contributed by atoms with Crippen molar-refractivity contribution in [3.05, 3.63) is 65.2 Å². The maximum absolute atomic E-state index is 12.6. The van der Waals surface area contributed by atoms with Crippen molar-refractivity contribution in [2.45, 2.75) is 19.5 Å². The van der Waals surface area contributed by atoms with Crippen molar-refractivity contribution in [3.8, 4) is 0 Å². The van der Waals surface area contributed by atoms with Gasteiger partial charge in [-0.25, -0.2) is 9.59 Å². The highest BCUT2D eigenvalue weighted by molar-refractivity contribution is 5.89. The van der Waals surface area contributed by atoms with Gasteiger partial charge in [-0.15, -0.1) is 0 Å². The highest BCUT2D eigenvalue weighted by atomic mass is 16.6. The van der Waals surface area contributed by atoms with Crippen molar-refractivity contribution in [3.63, 3.8) is 0 Å². The van der Waals surface area contributed by atoms with E-state index in [1.54, 1.807) is 4.90 Å². The molecule has 0 unspecified atom stereocenters. The normalized spacial score (nSPS) is 16.2. The molecule has 2 heterocycles. The summed E-state index contributed by atoms with van der Waals surface area (Å²) in [7, 11) is 0. The molecular formula is C20H21N3O3. The Morgan fingerprint density at radius 3 is 2.73 bits per heavy atom. The van der Waals surface area contributed by atoms with E-state index in [9.17, 15) is 9.59 Å². The Hall–Kier alpha value is -3.02. The lowest BCUT2D eigenvalue weighted by atomic mass is 10.0. The maximum Gasteiger partial charge on any atom is 0.410 e. The summed E-state index contributed by atoms with van der Waals surface area (Å²) in [5, 5.41) is 2.97. The molecule has 134 valence electrons. The second-order valence-corrected chi connectivity index (χ2v) is 6.61. The van der Waals surface area contributed by atoms with Crippen LogP contribution >= 0.6 is 0 Å². The molecule has 1 fully saturated rings. The van der Waals surface area contributed by atoms with Gasteiger partial charge in [-0.3, -0.25) is 0 Å². The lowest BCUT2D eigenvalue weighted by Crippen LogP contribution is -2.38. The Morgan fingerprint density at radius 1 is 1.08 bits per heavy atom. The average Bonchev–Trinajstić information content (AvgIpc) is 3.06. The Balaban J connectivity index is 1.40. The number of hydrogen-bond donors (Lipinski definition) is 1. The zero-order valence-electron chi connectivity index (χ0n) is 14.5. The number of hydrogen-bond acceptors (Lipinski definition) is 3. The highest BCUT2D eigenvalue weighted by Gasteiger charge is 2.22. The van der Waals surface area contributed by atoms with Gasteiger partial charge in [-0.1, -0.05) is 36.4 Å². The van der Waals surface area contributed by atoms with Crippen molar-refractivity contribution in [2.75, 3.05) is 25.0 Å². The first-order chi connectivity index (χ1) is 12.7. The van der Waals surface area contributed by atoms with E-state index in [0.717, 1.165) is 17.7 Å². The second-order valence-electron chi connectivity index (χ2n) is 6.61. The number of ether oxygens (including phenoxy) is 1. The van der Waals surface area contributed by atoms with Gasteiger partial charge in [-0.05, 0) is 35.2 Å². The number of amides is 3. The molecule has 26 heavy (non-hydrogen) atoms. The zero-order chi connectivity index (χ0) is 17.9. The van der Waals surface area contributed by atoms with E-state index in [4.69, 9.17) is 4.74 Å². The molecule has 0 aliphatic carbocycles. The lowest BCUT2D eigenvalue weighted by molar-refractivity contribution is 0.157. The Kier molecular flexibility index (Phi) is 4.48. The first-order valence-electron chi connectivity index (χ1n) is 8.82. The van der Waals surface area contributed by atoms with Crippen molar-refractivity contribution in [1.29, 1.82) is 0 Å². The molecule has 1 saturated heterocycles. The minimum absolute atomic E-state index is 0.0998. The topological polar surface area (TPSA) is 61.9 Å². The Morgan fingerprint density at radius 2 is 1.92 bits per heavy atom. The van der Waals surface area contributed by atoms with Gasteiger partial charge in [-0.2, -0.15) is 0 Å². The van der Waals surface area contributed by atoms with Crippen LogP contribution in [-0.2, 0) is 24.2 Å². The van der Waals surface area contributed by atoms with Gasteiger partial charge in [0.25, 0.3) is 0 Å². The van der Waals surface area contributed by atoms with Gasteiger partial charge in [0.2, 0.25) is 0 Å².